The van der Waals surface area contributed by atoms with Gasteiger partial charge in [-0.05, 0) is 31.2 Å². The third-order valence-electron chi connectivity index (χ3n) is 5.87. The molecule has 1 aromatic heterocycles. The van der Waals surface area contributed by atoms with Gasteiger partial charge in [-0.2, -0.15) is 5.06 Å². The summed E-state index contributed by atoms with van der Waals surface area (Å²) in [6.07, 6.45) is 4.54. The summed E-state index contributed by atoms with van der Waals surface area (Å²) in [4.78, 5) is 20.6. The lowest BCUT2D eigenvalue weighted by molar-refractivity contribution is -0.140. The maximum absolute atomic E-state index is 12.9. The second-order valence-corrected chi connectivity index (χ2v) is 8.02. The fourth-order valence-corrected chi connectivity index (χ4v) is 4.08. The van der Waals surface area contributed by atoms with E-state index in [0.29, 0.717) is 13.2 Å². The Bertz CT molecular complexity index is 833. The largest absolute Gasteiger partial charge is 0.361 e. The van der Waals surface area contributed by atoms with Gasteiger partial charge in [-0.25, -0.2) is 4.79 Å². The smallest absolute Gasteiger partial charge is 0.344 e. The van der Waals surface area contributed by atoms with E-state index in [4.69, 9.17) is 15.1 Å². The van der Waals surface area contributed by atoms with Gasteiger partial charge in [-0.3, -0.25) is 4.84 Å². The molecular formula is C20H24N4O3. The molecule has 3 aliphatic rings. The maximum atomic E-state index is 12.9. The normalized spacial score (nSPS) is 25.9. The summed E-state index contributed by atoms with van der Waals surface area (Å²) >= 11 is 0. The highest BCUT2D eigenvalue weighted by Gasteiger charge is 2.47. The first-order valence-electron chi connectivity index (χ1n) is 9.62. The maximum Gasteiger partial charge on any atom is 0.344 e. The molecule has 1 aliphatic carbocycles. The quantitative estimate of drug-likeness (QED) is 0.847. The second kappa shape index (κ2) is 6.35. The molecule has 5 rings (SSSR count). The minimum absolute atomic E-state index is 0.0514. The van der Waals surface area contributed by atoms with Crippen LogP contribution in [-0.4, -0.2) is 39.3 Å². The zero-order valence-electron chi connectivity index (χ0n) is 15.2. The van der Waals surface area contributed by atoms with Crippen molar-refractivity contribution in [2.75, 3.05) is 6.54 Å². The van der Waals surface area contributed by atoms with E-state index in [1.807, 2.05) is 41.3 Å². The van der Waals surface area contributed by atoms with Gasteiger partial charge in [0.25, 0.3) is 0 Å². The molecule has 2 saturated heterocycles. The Morgan fingerprint density at radius 1 is 1.26 bits per heavy atom. The van der Waals surface area contributed by atoms with Gasteiger partial charge in [0.2, 0.25) is 0 Å². The number of hydroxylamine groups is 2. The number of urea groups is 1. The average molecular weight is 368 g/mol. The summed E-state index contributed by atoms with van der Waals surface area (Å²) in [5.74, 6) is 0.816. The molecule has 27 heavy (non-hydrogen) atoms. The number of hydrogen-bond donors (Lipinski definition) is 1. The molecule has 0 unspecified atom stereocenters. The summed E-state index contributed by atoms with van der Waals surface area (Å²) in [7, 11) is 0. The first-order valence-corrected chi connectivity index (χ1v) is 9.62. The number of nitrogens with two attached hydrogens (primary N) is 1. The van der Waals surface area contributed by atoms with Crippen LogP contribution in [0.25, 0.3) is 0 Å². The van der Waals surface area contributed by atoms with Crippen molar-refractivity contribution in [2.45, 2.75) is 56.3 Å². The molecule has 2 aliphatic heterocycles. The van der Waals surface area contributed by atoms with Crippen molar-refractivity contribution < 1.29 is 14.2 Å². The lowest BCUT2D eigenvalue weighted by Crippen LogP contribution is -2.34. The molecule has 0 spiro atoms. The number of benzene rings is 1. The summed E-state index contributed by atoms with van der Waals surface area (Å²) < 4.78 is 5.49. The summed E-state index contributed by atoms with van der Waals surface area (Å²) in [6, 6.07) is 11.8. The Balaban J connectivity index is 1.26. The van der Waals surface area contributed by atoms with Gasteiger partial charge < -0.3 is 15.2 Å². The molecule has 7 nitrogen and oxygen atoms in total. The predicted octanol–water partition coefficient (Wildman–Crippen LogP) is 2.78. The summed E-state index contributed by atoms with van der Waals surface area (Å²) in [5.41, 5.74) is 7.94. The van der Waals surface area contributed by atoms with Crippen LogP contribution in [0.4, 0.5) is 4.79 Å². The Hall–Kier alpha value is -2.38. The van der Waals surface area contributed by atoms with Gasteiger partial charge in [-0.15, -0.1) is 0 Å². The Morgan fingerprint density at radius 2 is 2.07 bits per heavy atom. The highest BCUT2D eigenvalue weighted by Crippen LogP contribution is 2.40. The molecule has 2 bridgehead atoms. The van der Waals surface area contributed by atoms with Crippen molar-refractivity contribution in [1.82, 2.24) is 15.1 Å². The van der Waals surface area contributed by atoms with E-state index in [9.17, 15) is 4.79 Å². The highest BCUT2D eigenvalue weighted by atomic mass is 16.7. The molecule has 2 N–H and O–H groups in total. The number of carbonyl (C=O) groups is 1. The van der Waals surface area contributed by atoms with E-state index in [1.165, 1.54) is 0 Å². The van der Waals surface area contributed by atoms with E-state index in [0.717, 1.165) is 49.1 Å². The van der Waals surface area contributed by atoms with Gasteiger partial charge in [0, 0.05) is 24.6 Å². The molecule has 2 aromatic rings. The first-order chi connectivity index (χ1) is 13.1. The standard InChI is InChI=1S/C20H24N4O3/c21-20(8-9-20)11-16-10-17(22-27-16)18-7-6-15-12-23(18)19(25)24(15)26-13-14-4-2-1-3-5-14/h1-5,10,15,18H,6-9,11-13,21H2/t15-,18+/m1/s1. The van der Waals surface area contributed by atoms with Crippen LogP contribution < -0.4 is 5.73 Å². The average Bonchev–Trinajstić information content (AvgIpc) is 3.14. The van der Waals surface area contributed by atoms with Gasteiger partial charge in [0.15, 0.2) is 0 Å². The number of amides is 2. The topological polar surface area (TPSA) is 84.8 Å². The molecule has 0 radical (unpaired) electrons. The van der Waals surface area contributed by atoms with Crippen molar-refractivity contribution in [2.24, 2.45) is 5.73 Å². The number of carbonyl (C=O) groups excluding carboxylic acids is 1. The number of fused-ring (bicyclic) bond motifs is 2. The van der Waals surface area contributed by atoms with Crippen molar-refractivity contribution >= 4 is 6.03 Å². The SMILES string of the molecule is NC1(Cc2cc([C@@H]3CC[C@@H]4CN3C(=O)N4OCc3ccccc3)no2)CC1. The van der Waals surface area contributed by atoms with Crippen LogP contribution in [0.15, 0.2) is 40.9 Å². The molecule has 3 fully saturated rings. The summed E-state index contributed by atoms with van der Waals surface area (Å²) in [5, 5.41) is 5.79. The highest BCUT2D eigenvalue weighted by molar-refractivity contribution is 5.77. The number of piperidine rings is 1. The van der Waals surface area contributed by atoms with Crippen molar-refractivity contribution in [3.63, 3.8) is 0 Å². The number of rotatable bonds is 6. The predicted molar refractivity (Wildman–Crippen MR) is 97.3 cm³/mol. The zero-order chi connectivity index (χ0) is 18.4. The number of nitrogens with zero attached hydrogens (tertiary/aromatic N) is 3. The molecular weight excluding hydrogens is 344 g/mol. The molecule has 2 amide bonds. The third-order valence-corrected chi connectivity index (χ3v) is 5.87. The van der Waals surface area contributed by atoms with E-state index < -0.39 is 0 Å². The van der Waals surface area contributed by atoms with E-state index in [1.54, 1.807) is 5.06 Å². The van der Waals surface area contributed by atoms with Gasteiger partial charge in [0.1, 0.15) is 18.1 Å². The minimum Gasteiger partial charge on any atom is -0.361 e. The van der Waals surface area contributed by atoms with Crippen LogP contribution >= 0.6 is 0 Å². The van der Waals surface area contributed by atoms with Crippen LogP contribution in [0.1, 0.15) is 48.7 Å². The van der Waals surface area contributed by atoms with Crippen LogP contribution in [-0.2, 0) is 17.9 Å². The van der Waals surface area contributed by atoms with E-state index in [2.05, 4.69) is 5.16 Å². The van der Waals surface area contributed by atoms with Crippen molar-refractivity contribution in [3.8, 4) is 0 Å². The van der Waals surface area contributed by atoms with E-state index in [-0.39, 0.29) is 23.7 Å². The second-order valence-electron chi connectivity index (χ2n) is 8.02. The van der Waals surface area contributed by atoms with Crippen molar-refractivity contribution in [1.29, 1.82) is 0 Å². The van der Waals surface area contributed by atoms with Crippen LogP contribution in [0.2, 0.25) is 0 Å². The van der Waals surface area contributed by atoms with Crippen LogP contribution in [0.5, 0.6) is 0 Å². The van der Waals surface area contributed by atoms with Crippen LogP contribution in [0.3, 0.4) is 0 Å². The van der Waals surface area contributed by atoms with Crippen molar-refractivity contribution in [3.05, 3.63) is 53.4 Å². The number of aromatic nitrogens is 1. The van der Waals surface area contributed by atoms with Gasteiger partial charge in [-0.1, -0.05) is 35.5 Å². The number of hydrogen-bond acceptors (Lipinski definition) is 5. The van der Waals surface area contributed by atoms with E-state index >= 15 is 0 Å². The van der Waals surface area contributed by atoms with Crippen LogP contribution in [0, 0.1) is 0 Å². The molecule has 142 valence electrons. The lowest BCUT2D eigenvalue weighted by Gasteiger charge is -2.28. The summed E-state index contributed by atoms with van der Waals surface area (Å²) in [6.45, 7) is 1.07. The zero-order valence-corrected chi connectivity index (χ0v) is 15.2. The molecule has 7 heteroatoms. The monoisotopic (exact) mass is 368 g/mol. The fourth-order valence-electron chi connectivity index (χ4n) is 4.08. The molecule has 3 heterocycles. The first kappa shape index (κ1) is 16.8. The molecule has 1 saturated carbocycles. The molecule has 2 atom stereocenters. The fraction of sp³-hybridized carbons (Fsp3) is 0.500. The lowest BCUT2D eigenvalue weighted by atomic mass is 9.98. The minimum atomic E-state index is -0.111. The Labute approximate surface area is 158 Å². The third kappa shape index (κ3) is 3.21. The van der Waals surface area contributed by atoms with Gasteiger partial charge >= 0.3 is 6.03 Å². The molecule has 1 aromatic carbocycles. The Kier molecular flexibility index (Phi) is 3.94. The Morgan fingerprint density at radius 3 is 2.85 bits per heavy atom. The van der Waals surface area contributed by atoms with Gasteiger partial charge in [0.05, 0.1) is 12.1 Å².